The van der Waals surface area contributed by atoms with Crippen molar-refractivity contribution in [2.45, 2.75) is 27.3 Å². The molecule has 0 spiro atoms. The maximum absolute atomic E-state index is 5.92. The number of nitrogen functional groups attached to an aromatic ring is 1. The second-order valence-corrected chi connectivity index (χ2v) is 5.25. The summed E-state index contributed by atoms with van der Waals surface area (Å²) in [5.74, 6) is 0.669. The second-order valence-electron chi connectivity index (χ2n) is 4.40. The van der Waals surface area contributed by atoms with Crippen molar-refractivity contribution in [3.8, 4) is 0 Å². The first kappa shape index (κ1) is 12.2. The van der Waals surface area contributed by atoms with Gasteiger partial charge in [-0.05, 0) is 59.0 Å². The quantitative estimate of drug-likeness (QED) is 0.924. The molecule has 0 aliphatic rings. The molecule has 2 N–H and O–H groups in total. The van der Waals surface area contributed by atoms with E-state index in [2.05, 4.69) is 53.9 Å². The molecule has 0 fully saturated rings. The number of aromatic nitrogens is 2. The van der Waals surface area contributed by atoms with Gasteiger partial charge in [0.15, 0.2) is 0 Å². The molecule has 0 bridgehead atoms. The minimum atomic E-state index is 0.669. The molecule has 3 nitrogen and oxygen atoms in total. The van der Waals surface area contributed by atoms with Crippen LogP contribution in [0.15, 0.2) is 22.8 Å². The van der Waals surface area contributed by atoms with Gasteiger partial charge in [0.2, 0.25) is 0 Å². The molecular formula is C13H16BrN3. The van der Waals surface area contributed by atoms with Crippen molar-refractivity contribution in [2.24, 2.45) is 0 Å². The number of rotatable bonds is 2. The SMILES string of the molecule is Cc1cc(C)c(Cn2ncc(Br)c2N)cc1C. The third-order valence-corrected chi connectivity index (χ3v) is 3.72. The minimum absolute atomic E-state index is 0.669. The molecule has 0 unspecified atom stereocenters. The molecule has 0 saturated heterocycles. The highest BCUT2D eigenvalue weighted by Gasteiger charge is 2.07. The van der Waals surface area contributed by atoms with Gasteiger partial charge in [-0.15, -0.1) is 0 Å². The number of anilines is 1. The van der Waals surface area contributed by atoms with Crippen LogP contribution in [0.1, 0.15) is 22.3 Å². The van der Waals surface area contributed by atoms with Gasteiger partial charge in [0, 0.05) is 0 Å². The van der Waals surface area contributed by atoms with E-state index in [4.69, 9.17) is 5.73 Å². The van der Waals surface area contributed by atoms with Crippen LogP contribution in [0.4, 0.5) is 5.82 Å². The van der Waals surface area contributed by atoms with E-state index in [0.29, 0.717) is 12.4 Å². The van der Waals surface area contributed by atoms with Crippen molar-refractivity contribution < 1.29 is 0 Å². The zero-order valence-corrected chi connectivity index (χ0v) is 11.9. The van der Waals surface area contributed by atoms with Crippen LogP contribution in [0.2, 0.25) is 0 Å². The Hall–Kier alpha value is -1.29. The molecule has 0 saturated carbocycles. The first-order valence-electron chi connectivity index (χ1n) is 5.52. The average Bonchev–Trinajstić information content (AvgIpc) is 2.58. The zero-order valence-electron chi connectivity index (χ0n) is 10.3. The Balaban J connectivity index is 2.36. The summed E-state index contributed by atoms with van der Waals surface area (Å²) in [5.41, 5.74) is 11.1. The molecule has 2 aromatic rings. The van der Waals surface area contributed by atoms with Crippen molar-refractivity contribution >= 4 is 21.7 Å². The Morgan fingerprint density at radius 2 is 1.82 bits per heavy atom. The van der Waals surface area contributed by atoms with E-state index in [9.17, 15) is 0 Å². The number of aryl methyl sites for hydroxylation is 3. The lowest BCUT2D eigenvalue weighted by atomic mass is 10.0. The Morgan fingerprint density at radius 3 is 2.41 bits per heavy atom. The molecule has 0 radical (unpaired) electrons. The first-order valence-corrected chi connectivity index (χ1v) is 6.32. The fourth-order valence-corrected chi connectivity index (χ4v) is 2.15. The summed E-state index contributed by atoms with van der Waals surface area (Å²) in [6.07, 6.45) is 1.73. The van der Waals surface area contributed by atoms with Gasteiger partial charge in [0.25, 0.3) is 0 Å². The Bertz CT molecular complexity index is 558. The van der Waals surface area contributed by atoms with Crippen LogP contribution in [-0.4, -0.2) is 9.78 Å². The fraction of sp³-hybridized carbons (Fsp3) is 0.308. The highest BCUT2D eigenvalue weighted by Crippen LogP contribution is 2.21. The lowest BCUT2D eigenvalue weighted by molar-refractivity contribution is 0.693. The minimum Gasteiger partial charge on any atom is -0.383 e. The number of hydrogen-bond donors (Lipinski definition) is 1. The average molecular weight is 294 g/mol. The van der Waals surface area contributed by atoms with Crippen LogP contribution >= 0.6 is 15.9 Å². The third kappa shape index (κ3) is 2.36. The molecule has 90 valence electrons. The van der Waals surface area contributed by atoms with Gasteiger partial charge >= 0.3 is 0 Å². The molecular weight excluding hydrogens is 278 g/mol. The van der Waals surface area contributed by atoms with Crippen LogP contribution in [0.3, 0.4) is 0 Å². The Morgan fingerprint density at radius 1 is 1.18 bits per heavy atom. The van der Waals surface area contributed by atoms with Gasteiger partial charge < -0.3 is 5.73 Å². The molecule has 0 aliphatic carbocycles. The van der Waals surface area contributed by atoms with Crippen molar-refractivity contribution in [2.75, 3.05) is 5.73 Å². The monoisotopic (exact) mass is 293 g/mol. The Kier molecular flexibility index (Phi) is 3.24. The zero-order chi connectivity index (χ0) is 12.6. The van der Waals surface area contributed by atoms with E-state index in [1.165, 1.54) is 22.3 Å². The summed E-state index contributed by atoms with van der Waals surface area (Å²) in [4.78, 5) is 0. The standard InChI is InChI=1S/C13H16BrN3/c1-8-4-10(3)11(5-9(8)2)7-17-13(15)12(14)6-16-17/h4-6H,7,15H2,1-3H3. The molecule has 4 heteroatoms. The van der Waals surface area contributed by atoms with Gasteiger partial charge in [-0.25, -0.2) is 4.68 Å². The lowest BCUT2D eigenvalue weighted by Gasteiger charge is -2.11. The largest absolute Gasteiger partial charge is 0.383 e. The maximum Gasteiger partial charge on any atom is 0.136 e. The predicted molar refractivity (Wildman–Crippen MR) is 74.1 cm³/mol. The highest BCUT2D eigenvalue weighted by atomic mass is 79.9. The highest BCUT2D eigenvalue weighted by molar-refractivity contribution is 9.10. The van der Waals surface area contributed by atoms with Crippen molar-refractivity contribution in [1.82, 2.24) is 9.78 Å². The number of hydrogen-bond acceptors (Lipinski definition) is 2. The Labute approximate surface area is 110 Å². The van der Waals surface area contributed by atoms with Crippen molar-refractivity contribution in [3.63, 3.8) is 0 Å². The van der Waals surface area contributed by atoms with Crippen molar-refractivity contribution in [1.29, 1.82) is 0 Å². The predicted octanol–water partition coefficient (Wildman–Crippen LogP) is 3.20. The van der Waals surface area contributed by atoms with E-state index < -0.39 is 0 Å². The first-order chi connectivity index (χ1) is 7.99. The number of nitrogens with two attached hydrogens (primary N) is 1. The van der Waals surface area contributed by atoms with E-state index in [1.807, 2.05) is 0 Å². The molecule has 1 aromatic carbocycles. The van der Waals surface area contributed by atoms with E-state index in [0.717, 1.165) is 4.47 Å². The molecule has 1 heterocycles. The summed E-state index contributed by atoms with van der Waals surface area (Å²) >= 11 is 3.37. The summed E-state index contributed by atoms with van der Waals surface area (Å²) in [5, 5.41) is 4.25. The number of halogens is 1. The van der Waals surface area contributed by atoms with Crippen molar-refractivity contribution in [3.05, 3.63) is 45.1 Å². The molecule has 2 rings (SSSR count). The summed E-state index contributed by atoms with van der Waals surface area (Å²) < 4.78 is 2.65. The van der Waals surface area contributed by atoms with E-state index in [-0.39, 0.29) is 0 Å². The van der Waals surface area contributed by atoms with Crippen LogP contribution in [0.5, 0.6) is 0 Å². The van der Waals surface area contributed by atoms with Gasteiger partial charge in [-0.2, -0.15) is 5.10 Å². The van der Waals surface area contributed by atoms with Crippen LogP contribution in [0.25, 0.3) is 0 Å². The fourth-order valence-electron chi connectivity index (χ4n) is 1.85. The summed E-state index contributed by atoms with van der Waals surface area (Å²) in [6.45, 7) is 7.09. The van der Waals surface area contributed by atoms with Gasteiger partial charge in [-0.1, -0.05) is 12.1 Å². The van der Waals surface area contributed by atoms with Gasteiger partial charge in [0.1, 0.15) is 5.82 Å². The normalized spacial score (nSPS) is 10.8. The molecule has 17 heavy (non-hydrogen) atoms. The van der Waals surface area contributed by atoms with Crippen LogP contribution < -0.4 is 5.73 Å². The molecule has 0 aliphatic heterocycles. The van der Waals surface area contributed by atoms with E-state index >= 15 is 0 Å². The lowest BCUT2D eigenvalue weighted by Crippen LogP contribution is -2.07. The second kappa shape index (κ2) is 4.53. The third-order valence-electron chi connectivity index (χ3n) is 3.11. The van der Waals surface area contributed by atoms with Gasteiger partial charge in [0.05, 0.1) is 17.2 Å². The molecule has 0 amide bonds. The van der Waals surface area contributed by atoms with Gasteiger partial charge in [-0.3, -0.25) is 0 Å². The molecule has 0 atom stereocenters. The van der Waals surface area contributed by atoms with E-state index in [1.54, 1.807) is 10.9 Å². The topological polar surface area (TPSA) is 43.8 Å². The smallest absolute Gasteiger partial charge is 0.136 e. The number of benzene rings is 1. The van der Waals surface area contributed by atoms with Crippen LogP contribution in [-0.2, 0) is 6.54 Å². The maximum atomic E-state index is 5.92. The van der Waals surface area contributed by atoms with Crippen LogP contribution in [0, 0.1) is 20.8 Å². The summed E-state index contributed by atoms with van der Waals surface area (Å²) in [7, 11) is 0. The number of nitrogens with zero attached hydrogens (tertiary/aromatic N) is 2. The summed E-state index contributed by atoms with van der Waals surface area (Å²) in [6, 6.07) is 4.42. The molecule has 1 aromatic heterocycles.